The maximum atomic E-state index is 12.0. The van der Waals surface area contributed by atoms with E-state index in [9.17, 15) is 9.59 Å². The summed E-state index contributed by atoms with van der Waals surface area (Å²) in [5.41, 5.74) is 1.00. The highest BCUT2D eigenvalue weighted by atomic mass is 16.4. The summed E-state index contributed by atoms with van der Waals surface area (Å²) in [6, 6.07) is 8.79. The molecule has 0 aliphatic carbocycles. The third-order valence-electron chi connectivity index (χ3n) is 3.40. The lowest BCUT2D eigenvalue weighted by Crippen LogP contribution is -2.41. The number of amides is 1. The van der Waals surface area contributed by atoms with Crippen LogP contribution in [0.3, 0.4) is 0 Å². The minimum Gasteiger partial charge on any atom is -0.480 e. The molecule has 4 nitrogen and oxygen atoms in total. The highest BCUT2D eigenvalue weighted by molar-refractivity contribution is 5.84. The molecule has 0 aliphatic rings. The number of carboxylic acid groups (broad SMARTS) is 1. The van der Waals surface area contributed by atoms with Crippen LogP contribution in [0.25, 0.3) is 0 Å². The summed E-state index contributed by atoms with van der Waals surface area (Å²) < 4.78 is 0. The van der Waals surface area contributed by atoms with Gasteiger partial charge in [0, 0.05) is 12.3 Å². The van der Waals surface area contributed by atoms with Crippen LogP contribution in [-0.2, 0) is 9.59 Å². The molecule has 4 heteroatoms. The molecule has 0 fully saturated rings. The number of rotatable bonds is 9. The van der Waals surface area contributed by atoms with Gasteiger partial charge in [0.15, 0.2) is 0 Å². The molecule has 0 spiro atoms. The molecule has 0 bridgehead atoms. The van der Waals surface area contributed by atoms with Crippen molar-refractivity contribution in [2.45, 2.75) is 44.6 Å². The number of carbonyl (C=O) groups excluding carboxylic acids is 1. The molecule has 0 heterocycles. The monoisotopic (exact) mass is 289 g/mol. The molecule has 1 aromatic carbocycles. The molecule has 0 aliphatic heterocycles. The molecule has 0 saturated heterocycles. The number of unbranched alkanes of at least 4 members (excludes halogenated alkanes) is 1. The summed E-state index contributed by atoms with van der Waals surface area (Å²) in [7, 11) is 0. The Morgan fingerprint density at radius 2 is 2.00 bits per heavy atom. The van der Waals surface area contributed by atoms with Crippen molar-refractivity contribution in [3.05, 3.63) is 48.6 Å². The van der Waals surface area contributed by atoms with E-state index in [2.05, 4.69) is 11.9 Å². The van der Waals surface area contributed by atoms with Crippen molar-refractivity contribution in [1.82, 2.24) is 5.32 Å². The van der Waals surface area contributed by atoms with Gasteiger partial charge in [-0.3, -0.25) is 4.79 Å². The van der Waals surface area contributed by atoms with Crippen LogP contribution in [0.4, 0.5) is 0 Å². The van der Waals surface area contributed by atoms with Gasteiger partial charge in [0.05, 0.1) is 0 Å². The Morgan fingerprint density at radius 1 is 1.33 bits per heavy atom. The molecule has 114 valence electrons. The minimum atomic E-state index is -0.980. The van der Waals surface area contributed by atoms with Gasteiger partial charge in [-0.2, -0.15) is 0 Å². The van der Waals surface area contributed by atoms with Crippen LogP contribution in [0, 0.1) is 0 Å². The topological polar surface area (TPSA) is 66.4 Å². The fraction of sp³-hybridized carbons (Fsp3) is 0.412. The number of carbonyl (C=O) groups is 2. The SMILES string of the molecule is C=CC(CC(=O)N[C@@H](CCCC)C(=O)O)c1ccccc1. The van der Waals surface area contributed by atoms with Crippen LogP contribution in [0.1, 0.15) is 44.1 Å². The van der Waals surface area contributed by atoms with Crippen LogP contribution < -0.4 is 5.32 Å². The van der Waals surface area contributed by atoms with Gasteiger partial charge in [-0.1, -0.05) is 56.2 Å². The number of nitrogens with one attached hydrogen (secondary N) is 1. The van der Waals surface area contributed by atoms with Crippen LogP contribution in [0.5, 0.6) is 0 Å². The molecule has 21 heavy (non-hydrogen) atoms. The fourth-order valence-corrected chi connectivity index (χ4v) is 2.16. The zero-order valence-corrected chi connectivity index (χ0v) is 12.4. The molecule has 0 saturated carbocycles. The van der Waals surface area contributed by atoms with Gasteiger partial charge in [0.2, 0.25) is 5.91 Å². The lowest BCUT2D eigenvalue weighted by atomic mass is 9.95. The van der Waals surface area contributed by atoms with Gasteiger partial charge < -0.3 is 10.4 Å². The summed E-state index contributed by atoms with van der Waals surface area (Å²) in [5, 5.41) is 11.7. The molecule has 0 radical (unpaired) electrons. The third-order valence-corrected chi connectivity index (χ3v) is 3.40. The molecule has 1 aromatic rings. The molecule has 2 N–H and O–H groups in total. The second-order valence-corrected chi connectivity index (χ2v) is 5.06. The Bertz CT molecular complexity index is 470. The normalized spacial score (nSPS) is 13.2. The quantitative estimate of drug-likeness (QED) is 0.686. The summed E-state index contributed by atoms with van der Waals surface area (Å²) in [5.74, 6) is -1.34. The molecule has 1 unspecified atom stereocenters. The van der Waals surface area contributed by atoms with Crippen molar-refractivity contribution in [2.75, 3.05) is 0 Å². The predicted octanol–water partition coefficient (Wildman–Crippen LogP) is 3.11. The van der Waals surface area contributed by atoms with E-state index in [0.29, 0.717) is 6.42 Å². The third kappa shape index (κ3) is 5.81. The first-order chi connectivity index (χ1) is 10.1. The second kappa shape index (κ2) is 8.95. The van der Waals surface area contributed by atoms with Gasteiger partial charge in [0.1, 0.15) is 6.04 Å². The Balaban J connectivity index is 2.61. The number of hydrogen-bond acceptors (Lipinski definition) is 2. The minimum absolute atomic E-state index is 0.105. The van der Waals surface area contributed by atoms with Crippen molar-refractivity contribution in [2.24, 2.45) is 0 Å². The molecule has 0 aromatic heterocycles. The second-order valence-electron chi connectivity index (χ2n) is 5.06. The van der Waals surface area contributed by atoms with E-state index >= 15 is 0 Å². The highest BCUT2D eigenvalue weighted by Gasteiger charge is 2.21. The Kier molecular flexibility index (Phi) is 7.23. The van der Waals surface area contributed by atoms with Crippen molar-refractivity contribution in [3.63, 3.8) is 0 Å². The first kappa shape index (κ1) is 17.0. The zero-order valence-electron chi connectivity index (χ0n) is 12.4. The standard InChI is InChI=1S/C17H23NO3/c1-3-5-11-15(17(20)21)18-16(19)12-13(4-2)14-9-7-6-8-10-14/h4,6-10,13,15H,2-3,5,11-12H2,1H3,(H,18,19)(H,20,21)/t13?,15-/m0/s1. The molecule has 1 rings (SSSR count). The van der Waals surface area contributed by atoms with Crippen molar-refractivity contribution in [3.8, 4) is 0 Å². The molecular formula is C17H23NO3. The number of aliphatic carboxylic acids is 1. The molecule has 1 amide bonds. The van der Waals surface area contributed by atoms with Crippen molar-refractivity contribution < 1.29 is 14.7 Å². The highest BCUT2D eigenvalue weighted by Crippen LogP contribution is 2.20. The first-order valence-corrected chi connectivity index (χ1v) is 7.28. The van der Waals surface area contributed by atoms with Gasteiger partial charge in [-0.25, -0.2) is 4.79 Å². The van der Waals surface area contributed by atoms with Gasteiger partial charge in [-0.15, -0.1) is 6.58 Å². The maximum absolute atomic E-state index is 12.0. The average Bonchev–Trinajstić information content (AvgIpc) is 2.49. The smallest absolute Gasteiger partial charge is 0.326 e. The summed E-state index contributed by atoms with van der Waals surface area (Å²) in [4.78, 5) is 23.2. The molecule has 2 atom stereocenters. The van der Waals surface area contributed by atoms with Gasteiger partial charge >= 0.3 is 5.97 Å². The lowest BCUT2D eigenvalue weighted by molar-refractivity contribution is -0.142. The van der Waals surface area contributed by atoms with E-state index < -0.39 is 12.0 Å². The number of hydrogen-bond donors (Lipinski definition) is 2. The van der Waals surface area contributed by atoms with Gasteiger partial charge in [-0.05, 0) is 12.0 Å². The van der Waals surface area contributed by atoms with E-state index in [1.165, 1.54) is 0 Å². The Hall–Kier alpha value is -2.10. The summed E-state index contributed by atoms with van der Waals surface area (Å²) >= 11 is 0. The van der Waals surface area contributed by atoms with E-state index in [-0.39, 0.29) is 18.2 Å². The van der Waals surface area contributed by atoms with Crippen molar-refractivity contribution in [1.29, 1.82) is 0 Å². The molecular weight excluding hydrogens is 266 g/mol. The number of benzene rings is 1. The fourth-order valence-electron chi connectivity index (χ4n) is 2.16. The Labute approximate surface area is 125 Å². The van der Waals surface area contributed by atoms with Crippen LogP contribution in [0.15, 0.2) is 43.0 Å². The number of carboxylic acids is 1. The van der Waals surface area contributed by atoms with E-state index in [4.69, 9.17) is 5.11 Å². The zero-order chi connectivity index (χ0) is 15.7. The first-order valence-electron chi connectivity index (χ1n) is 7.28. The van der Waals surface area contributed by atoms with Gasteiger partial charge in [0.25, 0.3) is 0 Å². The van der Waals surface area contributed by atoms with E-state index in [0.717, 1.165) is 18.4 Å². The summed E-state index contributed by atoms with van der Waals surface area (Å²) in [6.07, 6.45) is 4.07. The lowest BCUT2D eigenvalue weighted by Gasteiger charge is -2.17. The maximum Gasteiger partial charge on any atom is 0.326 e. The van der Waals surface area contributed by atoms with E-state index in [1.54, 1.807) is 6.08 Å². The van der Waals surface area contributed by atoms with Crippen molar-refractivity contribution >= 4 is 11.9 Å². The largest absolute Gasteiger partial charge is 0.480 e. The predicted molar refractivity (Wildman–Crippen MR) is 83.1 cm³/mol. The summed E-state index contributed by atoms with van der Waals surface area (Å²) in [6.45, 7) is 5.75. The van der Waals surface area contributed by atoms with E-state index in [1.807, 2.05) is 37.3 Å². The van der Waals surface area contributed by atoms with Crippen LogP contribution >= 0.6 is 0 Å². The Morgan fingerprint density at radius 3 is 2.52 bits per heavy atom. The number of allylic oxidation sites excluding steroid dienone is 1. The average molecular weight is 289 g/mol. The van der Waals surface area contributed by atoms with Crippen LogP contribution in [0.2, 0.25) is 0 Å². The van der Waals surface area contributed by atoms with Crippen LogP contribution in [-0.4, -0.2) is 23.0 Å².